The molecule has 1 amide bonds. The number of methoxy groups -OCH3 is 1. The van der Waals surface area contributed by atoms with Crippen LogP contribution in [0.2, 0.25) is 0 Å². The highest BCUT2D eigenvalue weighted by atomic mass is 16.6. The van der Waals surface area contributed by atoms with Gasteiger partial charge in [-0.2, -0.15) is 0 Å². The summed E-state index contributed by atoms with van der Waals surface area (Å²) < 4.78 is 4.84. The summed E-state index contributed by atoms with van der Waals surface area (Å²) in [5.74, 6) is -0.187. The van der Waals surface area contributed by atoms with Gasteiger partial charge in [0.05, 0.1) is 11.5 Å². The summed E-state index contributed by atoms with van der Waals surface area (Å²) in [5.41, 5.74) is 1.12. The highest BCUT2D eigenvalue weighted by molar-refractivity contribution is 5.84. The minimum Gasteiger partial charge on any atom is -0.383 e. The molecular weight excluding hydrogens is 262 g/mol. The Morgan fingerprint density at radius 2 is 2.20 bits per heavy atom. The highest BCUT2D eigenvalue weighted by Gasteiger charge is 2.17. The first-order valence-corrected chi connectivity index (χ1v) is 6.24. The third kappa shape index (κ3) is 4.20. The zero-order valence-electron chi connectivity index (χ0n) is 11.8. The second-order valence-corrected chi connectivity index (χ2v) is 4.36. The second-order valence-electron chi connectivity index (χ2n) is 4.36. The summed E-state index contributed by atoms with van der Waals surface area (Å²) >= 11 is 0. The van der Waals surface area contributed by atoms with Crippen molar-refractivity contribution < 1.29 is 14.5 Å². The number of rotatable bonds is 7. The molecular formula is C13H19N3O4. The van der Waals surface area contributed by atoms with Crippen molar-refractivity contribution in [3.63, 3.8) is 0 Å². The molecule has 1 atom stereocenters. The molecule has 0 saturated carbocycles. The zero-order chi connectivity index (χ0) is 15.1. The topological polar surface area (TPSA) is 93.5 Å². The van der Waals surface area contributed by atoms with Gasteiger partial charge in [0, 0.05) is 31.0 Å². The number of benzene rings is 1. The monoisotopic (exact) mass is 281 g/mol. The standard InChI is InChI=1S/C13H19N3O4/c1-9-11(5-4-6-12(9)16(18)19)15-10(2)13(17)14-7-8-20-3/h4-6,10,15H,7-8H2,1-3H3,(H,14,17). The zero-order valence-corrected chi connectivity index (χ0v) is 11.8. The van der Waals surface area contributed by atoms with Crippen LogP contribution in [-0.4, -0.2) is 37.1 Å². The predicted molar refractivity (Wildman–Crippen MR) is 75.8 cm³/mol. The lowest BCUT2D eigenvalue weighted by molar-refractivity contribution is -0.385. The molecule has 0 saturated heterocycles. The number of nitro benzene ring substituents is 1. The average Bonchev–Trinajstić information content (AvgIpc) is 2.40. The number of ether oxygens (including phenoxy) is 1. The Bertz CT molecular complexity index is 491. The molecule has 0 heterocycles. The summed E-state index contributed by atoms with van der Waals surface area (Å²) in [6.45, 7) is 4.21. The highest BCUT2D eigenvalue weighted by Crippen LogP contribution is 2.25. The third-order valence-corrected chi connectivity index (χ3v) is 2.87. The van der Waals surface area contributed by atoms with Gasteiger partial charge in [-0.25, -0.2) is 0 Å². The SMILES string of the molecule is COCCNC(=O)C(C)Nc1cccc([N+](=O)[O-])c1C. The van der Waals surface area contributed by atoms with Crippen LogP contribution >= 0.6 is 0 Å². The molecule has 0 radical (unpaired) electrons. The number of carbonyl (C=O) groups is 1. The van der Waals surface area contributed by atoms with Gasteiger partial charge in [-0.05, 0) is 19.9 Å². The van der Waals surface area contributed by atoms with Crippen LogP contribution in [0.1, 0.15) is 12.5 Å². The van der Waals surface area contributed by atoms with Gasteiger partial charge in [0.25, 0.3) is 5.69 Å². The molecule has 7 nitrogen and oxygen atoms in total. The number of amides is 1. The maximum Gasteiger partial charge on any atom is 0.274 e. The molecule has 0 spiro atoms. The van der Waals surface area contributed by atoms with E-state index in [1.807, 2.05) is 0 Å². The van der Waals surface area contributed by atoms with Gasteiger partial charge >= 0.3 is 0 Å². The molecule has 0 fully saturated rings. The van der Waals surface area contributed by atoms with Gasteiger partial charge in [0.15, 0.2) is 0 Å². The Balaban J connectivity index is 2.71. The molecule has 1 aromatic rings. The fourth-order valence-corrected chi connectivity index (χ4v) is 1.71. The Labute approximate surface area is 117 Å². The summed E-state index contributed by atoms with van der Waals surface area (Å²) in [7, 11) is 1.56. The van der Waals surface area contributed by atoms with Gasteiger partial charge in [0.1, 0.15) is 6.04 Å². The Hall–Kier alpha value is -2.15. The molecule has 0 aliphatic rings. The maximum atomic E-state index is 11.8. The number of nitro groups is 1. The van der Waals surface area contributed by atoms with E-state index in [1.165, 1.54) is 6.07 Å². The number of carbonyl (C=O) groups excluding carboxylic acids is 1. The molecule has 0 aliphatic heterocycles. The first kappa shape index (κ1) is 15.9. The van der Waals surface area contributed by atoms with E-state index < -0.39 is 11.0 Å². The minimum absolute atomic E-state index is 0.0296. The van der Waals surface area contributed by atoms with Crippen LogP contribution in [0.5, 0.6) is 0 Å². The van der Waals surface area contributed by atoms with E-state index in [-0.39, 0.29) is 11.6 Å². The molecule has 1 rings (SSSR count). The fraction of sp³-hybridized carbons (Fsp3) is 0.462. The molecule has 0 aromatic heterocycles. The molecule has 7 heteroatoms. The van der Waals surface area contributed by atoms with Crippen LogP contribution < -0.4 is 10.6 Å². The van der Waals surface area contributed by atoms with Crippen molar-refractivity contribution in [2.75, 3.05) is 25.6 Å². The Morgan fingerprint density at radius 3 is 2.80 bits per heavy atom. The lowest BCUT2D eigenvalue weighted by Crippen LogP contribution is -2.39. The van der Waals surface area contributed by atoms with E-state index >= 15 is 0 Å². The van der Waals surface area contributed by atoms with Crippen molar-refractivity contribution in [2.24, 2.45) is 0 Å². The lowest BCUT2D eigenvalue weighted by atomic mass is 10.1. The van der Waals surface area contributed by atoms with E-state index in [2.05, 4.69) is 10.6 Å². The van der Waals surface area contributed by atoms with Gasteiger partial charge in [0.2, 0.25) is 5.91 Å². The van der Waals surface area contributed by atoms with Crippen LogP contribution in [0.3, 0.4) is 0 Å². The molecule has 110 valence electrons. The van der Waals surface area contributed by atoms with Gasteiger partial charge in [-0.3, -0.25) is 14.9 Å². The fourth-order valence-electron chi connectivity index (χ4n) is 1.71. The van der Waals surface area contributed by atoms with Crippen LogP contribution in [0.4, 0.5) is 11.4 Å². The van der Waals surface area contributed by atoms with E-state index in [0.29, 0.717) is 24.4 Å². The summed E-state index contributed by atoms with van der Waals surface area (Å²) in [6, 6.07) is 4.24. The molecule has 0 bridgehead atoms. The molecule has 20 heavy (non-hydrogen) atoms. The Kier molecular flexibility index (Phi) is 5.92. The minimum atomic E-state index is -0.493. The second kappa shape index (κ2) is 7.44. The van der Waals surface area contributed by atoms with Crippen molar-refractivity contribution in [3.8, 4) is 0 Å². The number of nitrogens with one attached hydrogen (secondary N) is 2. The third-order valence-electron chi connectivity index (χ3n) is 2.87. The maximum absolute atomic E-state index is 11.8. The van der Waals surface area contributed by atoms with Crippen molar-refractivity contribution in [2.45, 2.75) is 19.9 Å². The van der Waals surface area contributed by atoms with Crippen LogP contribution in [0.15, 0.2) is 18.2 Å². The van der Waals surface area contributed by atoms with Crippen LogP contribution in [0, 0.1) is 17.0 Å². The van der Waals surface area contributed by atoms with E-state index in [1.54, 1.807) is 33.1 Å². The van der Waals surface area contributed by atoms with Gasteiger partial charge in [-0.15, -0.1) is 0 Å². The molecule has 0 aliphatic carbocycles. The smallest absolute Gasteiger partial charge is 0.274 e. The average molecular weight is 281 g/mol. The van der Waals surface area contributed by atoms with Crippen LogP contribution in [0.25, 0.3) is 0 Å². The summed E-state index contributed by atoms with van der Waals surface area (Å²) in [4.78, 5) is 22.2. The first-order valence-electron chi connectivity index (χ1n) is 6.24. The van der Waals surface area contributed by atoms with Gasteiger partial charge in [-0.1, -0.05) is 6.07 Å². The largest absolute Gasteiger partial charge is 0.383 e. The van der Waals surface area contributed by atoms with Gasteiger partial charge < -0.3 is 15.4 Å². The first-order chi connectivity index (χ1) is 9.47. The predicted octanol–water partition coefficient (Wildman–Crippen LogP) is 1.47. The quantitative estimate of drug-likeness (QED) is 0.448. The van der Waals surface area contributed by atoms with E-state index in [4.69, 9.17) is 4.74 Å². The number of hydrogen-bond donors (Lipinski definition) is 2. The lowest BCUT2D eigenvalue weighted by Gasteiger charge is -2.16. The van der Waals surface area contributed by atoms with Crippen molar-refractivity contribution in [1.29, 1.82) is 0 Å². The van der Waals surface area contributed by atoms with E-state index in [0.717, 1.165) is 0 Å². The van der Waals surface area contributed by atoms with Crippen molar-refractivity contribution >= 4 is 17.3 Å². The van der Waals surface area contributed by atoms with Crippen LogP contribution in [-0.2, 0) is 9.53 Å². The van der Waals surface area contributed by atoms with E-state index in [9.17, 15) is 14.9 Å². The summed E-state index contributed by atoms with van der Waals surface area (Å²) in [5, 5.41) is 16.5. The number of nitrogens with zero attached hydrogens (tertiary/aromatic N) is 1. The molecule has 2 N–H and O–H groups in total. The van der Waals surface area contributed by atoms with Crippen molar-refractivity contribution in [3.05, 3.63) is 33.9 Å². The molecule has 1 aromatic carbocycles. The number of hydrogen-bond acceptors (Lipinski definition) is 5. The summed E-state index contributed by atoms with van der Waals surface area (Å²) in [6.07, 6.45) is 0. The molecule has 1 unspecified atom stereocenters. The Morgan fingerprint density at radius 1 is 1.50 bits per heavy atom. The number of anilines is 1. The normalized spacial score (nSPS) is 11.8. The van der Waals surface area contributed by atoms with Crippen molar-refractivity contribution in [1.82, 2.24) is 5.32 Å².